The highest BCUT2D eigenvalue weighted by atomic mass is 16.6. The van der Waals surface area contributed by atoms with E-state index in [1.807, 2.05) is 31.2 Å². The summed E-state index contributed by atoms with van der Waals surface area (Å²) in [5, 5.41) is 17.9. The van der Waals surface area contributed by atoms with Crippen LogP contribution in [0.3, 0.4) is 0 Å². The molecule has 7 nitrogen and oxygen atoms in total. The molecule has 2 N–H and O–H groups in total. The summed E-state index contributed by atoms with van der Waals surface area (Å²) in [6.07, 6.45) is 6.94. The highest BCUT2D eigenvalue weighted by molar-refractivity contribution is 5.69. The first kappa shape index (κ1) is 17.1. The van der Waals surface area contributed by atoms with Gasteiger partial charge in [-0.1, -0.05) is 49.1 Å². The van der Waals surface area contributed by atoms with Crippen LogP contribution in [-0.2, 0) is 6.54 Å². The molecule has 0 unspecified atom stereocenters. The van der Waals surface area contributed by atoms with Crippen LogP contribution in [0.15, 0.2) is 30.6 Å². The maximum atomic E-state index is 11.6. The zero-order valence-electron chi connectivity index (χ0n) is 14.4. The Morgan fingerprint density at radius 2 is 1.80 bits per heavy atom. The molecule has 0 saturated heterocycles. The Balaban J connectivity index is 1.77. The van der Waals surface area contributed by atoms with Crippen LogP contribution >= 0.6 is 0 Å². The monoisotopic (exact) mass is 341 g/mol. The quantitative estimate of drug-likeness (QED) is 0.608. The molecule has 1 fully saturated rings. The van der Waals surface area contributed by atoms with Gasteiger partial charge >= 0.3 is 5.69 Å². The zero-order chi connectivity index (χ0) is 17.6. The molecule has 1 saturated carbocycles. The van der Waals surface area contributed by atoms with Crippen molar-refractivity contribution in [2.45, 2.75) is 51.6 Å². The van der Waals surface area contributed by atoms with Crippen molar-refractivity contribution in [1.82, 2.24) is 9.97 Å². The molecule has 3 rings (SSSR count). The van der Waals surface area contributed by atoms with Crippen LogP contribution in [-0.4, -0.2) is 20.9 Å². The minimum absolute atomic E-state index is 0.0832. The Morgan fingerprint density at radius 1 is 1.12 bits per heavy atom. The van der Waals surface area contributed by atoms with Crippen LogP contribution in [0.5, 0.6) is 0 Å². The molecule has 0 spiro atoms. The van der Waals surface area contributed by atoms with Crippen molar-refractivity contribution in [3.8, 4) is 0 Å². The molecular formula is C18H23N5O2. The molecule has 25 heavy (non-hydrogen) atoms. The second-order valence-corrected chi connectivity index (χ2v) is 6.50. The third-order valence-electron chi connectivity index (χ3n) is 4.53. The van der Waals surface area contributed by atoms with Gasteiger partial charge in [-0.05, 0) is 25.3 Å². The number of aromatic nitrogens is 2. The topological polar surface area (TPSA) is 93.0 Å². The number of nitrogens with one attached hydrogen (secondary N) is 2. The van der Waals surface area contributed by atoms with E-state index < -0.39 is 4.92 Å². The van der Waals surface area contributed by atoms with Gasteiger partial charge in [0.15, 0.2) is 0 Å². The number of hydrogen-bond donors (Lipinski definition) is 2. The molecule has 0 radical (unpaired) electrons. The molecular weight excluding hydrogens is 318 g/mol. The predicted octanol–water partition coefficient (Wildman–Crippen LogP) is 4.05. The average Bonchev–Trinajstić information content (AvgIpc) is 2.62. The lowest BCUT2D eigenvalue weighted by molar-refractivity contribution is -0.383. The van der Waals surface area contributed by atoms with Crippen molar-refractivity contribution < 1.29 is 4.92 Å². The zero-order valence-corrected chi connectivity index (χ0v) is 14.4. The summed E-state index contributed by atoms with van der Waals surface area (Å²) >= 11 is 0. The van der Waals surface area contributed by atoms with Gasteiger partial charge in [-0.25, -0.2) is 9.97 Å². The molecule has 0 amide bonds. The van der Waals surface area contributed by atoms with Crippen LogP contribution in [0.2, 0.25) is 0 Å². The van der Waals surface area contributed by atoms with Gasteiger partial charge in [-0.15, -0.1) is 0 Å². The third-order valence-corrected chi connectivity index (χ3v) is 4.53. The number of aryl methyl sites for hydroxylation is 1. The van der Waals surface area contributed by atoms with E-state index in [4.69, 9.17) is 0 Å². The molecule has 1 aromatic carbocycles. The Kier molecular flexibility index (Phi) is 5.42. The Labute approximate surface area is 147 Å². The second-order valence-electron chi connectivity index (χ2n) is 6.50. The number of hydrogen-bond acceptors (Lipinski definition) is 6. The summed E-state index contributed by atoms with van der Waals surface area (Å²) in [6, 6.07) is 8.27. The van der Waals surface area contributed by atoms with Gasteiger partial charge in [-0.2, -0.15) is 0 Å². The summed E-state index contributed by atoms with van der Waals surface area (Å²) in [7, 11) is 0. The van der Waals surface area contributed by atoms with E-state index in [0.29, 0.717) is 12.4 Å². The Bertz CT molecular complexity index is 727. The standard InChI is InChI=1S/C18H23N5O2/c1-13-7-9-14(10-8-13)11-19-17-16(23(24)25)18(21-12-20-17)22-15-5-3-2-4-6-15/h7-10,12,15H,2-6,11H2,1H3,(H2,19,20,21,22). The van der Waals surface area contributed by atoms with Gasteiger partial charge in [0.1, 0.15) is 6.33 Å². The van der Waals surface area contributed by atoms with E-state index in [1.54, 1.807) is 0 Å². The van der Waals surface area contributed by atoms with Gasteiger partial charge in [0, 0.05) is 12.6 Å². The molecule has 7 heteroatoms. The summed E-state index contributed by atoms with van der Waals surface area (Å²) < 4.78 is 0. The summed E-state index contributed by atoms with van der Waals surface area (Å²) in [4.78, 5) is 19.4. The van der Waals surface area contributed by atoms with Crippen molar-refractivity contribution in [3.05, 3.63) is 51.8 Å². The van der Waals surface area contributed by atoms with Gasteiger partial charge in [0.2, 0.25) is 11.6 Å². The number of anilines is 2. The maximum absolute atomic E-state index is 11.6. The molecule has 1 aromatic heterocycles. The fraction of sp³-hybridized carbons (Fsp3) is 0.444. The predicted molar refractivity (Wildman–Crippen MR) is 97.7 cm³/mol. The molecule has 0 atom stereocenters. The molecule has 0 aliphatic heterocycles. The number of nitrogens with zero attached hydrogens (tertiary/aromatic N) is 3. The van der Waals surface area contributed by atoms with Crippen LogP contribution in [0.4, 0.5) is 17.3 Å². The van der Waals surface area contributed by atoms with E-state index in [2.05, 4.69) is 20.6 Å². The minimum Gasteiger partial charge on any atom is -0.361 e. The Morgan fingerprint density at radius 3 is 2.48 bits per heavy atom. The molecule has 1 heterocycles. The van der Waals surface area contributed by atoms with Crippen LogP contribution in [0.1, 0.15) is 43.2 Å². The van der Waals surface area contributed by atoms with E-state index in [-0.39, 0.29) is 17.5 Å². The fourth-order valence-corrected chi connectivity index (χ4v) is 3.12. The number of nitro groups is 1. The molecule has 2 aromatic rings. The number of rotatable bonds is 6. The smallest absolute Gasteiger partial charge is 0.353 e. The average molecular weight is 341 g/mol. The highest BCUT2D eigenvalue weighted by Gasteiger charge is 2.25. The molecule has 132 valence electrons. The second kappa shape index (κ2) is 7.92. The van der Waals surface area contributed by atoms with Gasteiger partial charge < -0.3 is 10.6 Å². The summed E-state index contributed by atoms with van der Waals surface area (Å²) in [5.41, 5.74) is 2.14. The van der Waals surface area contributed by atoms with Gasteiger partial charge in [0.25, 0.3) is 0 Å². The van der Waals surface area contributed by atoms with E-state index in [0.717, 1.165) is 31.2 Å². The van der Waals surface area contributed by atoms with Crippen LogP contribution < -0.4 is 10.6 Å². The first-order valence-corrected chi connectivity index (χ1v) is 8.69. The molecule has 1 aliphatic carbocycles. The first-order chi connectivity index (χ1) is 12.1. The third kappa shape index (κ3) is 4.43. The van der Waals surface area contributed by atoms with E-state index >= 15 is 0 Å². The molecule has 0 bridgehead atoms. The Hall–Kier alpha value is -2.70. The van der Waals surface area contributed by atoms with Crippen molar-refractivity contribution in [2.24, 2.45) is 0 Å². The van der Waals surface area contributed by atoms with Crippen LogP contribution in [0.25, 0.3) is 0 Å². The van der Waals surface area contributed by atoms with Gasteiger partial charge in [0.05, 0.1) is 4.92 Å². The summed E-state index contributed by atoms with van der Waals surface area (Å²) in [5.74, 6) is 0.553. The van der Waals surface area contributed by atoms with Crippen LogP contribution in [0, 0.1) is 17.0 Å². The molecule has 1 aliphatic rings. The van der Waals surface area contributed by atoms with Crippen molar-refractivity contribution in [3.63, 3.8) is 0 Å². The minimum atomic E-state index is -0.414. The highest BCUT2D eigenvalue weighted by Crippen LogP contribution is 2.31. The number of benzene rings is 1. The normalized spacial score (nSPS) is 14.9. The van der Waals surface area contributed by atoms with E-state index in [1.165, 1.54) is 18.3 Å². The lowest BCUT2D eigenvalue weighted by Gasteiger charge is -2.23. The first-order valence-electron chi connectivity index (χ1n) is 8.69. The van der Waals surface area contributed by atoms with Gasteiger partial charge in [-0.3, -0.25) is 10.1 Å². The lowest BCUT2D eigenvalue weighted by atomic mass is 9.95. The SMILES string of the molecule is Cc1ccc(CNc2ncnc(NC3CCCCC3)c2[N+](=O)[O-])cc1. The van der Waals surface area contributed by atoms with Crippen molar-refractivity contribution in [1.29, 1.82) is 0 Å². The van der Waals surface area contributed by atoms with E-state index in [9.17, 15) is 10.1 Å². The van der Waals surface area contributed by atoms with Crippen molar-refractivity contribution in [2.75, 3.05) is 10.6 Å². The largest absolute Gasteiger partial charge is 0.361 e. The fourth-order valence-electron chi connectivity index (χ4n) is 3.12. The van der Waals surface area contributed by atoms with Crippen molar-refractivity contribution >= 4 is 17.3 Å². The summed E-state index contributed by atoms with van der Waals surface area (Å²) in [6.45, 7) is 2.50. The lowest BCUT2D eigenvalue weighted by Crippen LogP contribution is -2.23. The maximum Gasteiger partial charge on any atom is 0.353 e.